The van der Waals surface area contributed by atoms with E-state index in [0.29, 0.717) is 0 Å². The monoisotopic (exact) mass is 304 g/mol. The lowest BCUT2D eigenvalue weighted by atomic mass is 10.1. The van der Waals surface area contributed by atoms with Crippen molar-refractivity contribution in [2.75, 3.05) is 0 Å². The van der Waals surface area contributed by atoms with Crippen LogP contribution in [0.3, 0.4) is 0 Å². The molecule has 0 saturated carbocycles. The molecule has 0 bridgehead atoms. The zero-order valence-electron chi connectivity index (χ0n) is 11.3. The number of hydrogen-bond donors (Lipinski definition) is 2. The number of carbonyl (C=O) groups is 1. The second-order valence-electron chi connectivity index (χ2n) is 4.64. The number of hydrogen-bond acceptors (Lipinski definition) is 3. The quantitative estimate of drug-likeness (QED) is 0.674. The largest absolute Gasteiger partial charge is 0.348 e. The van der Waals surface area contributed by atoms with Crippen molar-refractivity contribution in [3.05, 3.63) is 42.5 Å². The average molecular weight is 304 g/mol. The third kappa shape index (κ3) is 3.71. The van der Waals surface area contributed by atoms with Crippen LogP contribution in [0.2, 0.25) is 0 Å². The Bertz CT molecular complexity index is 635. The van der Waals surface area contributed by atoms with Crippen molar-refractivity contribution < 1.29 is 4.79 Å². The number of amides is 1. The topological polar surface area (TPSA) is 41.1 Å². The minimum absolute atomic E-state index is 0.0739. The summed E-state index contributed by atoms with van der Waals surface area (Å²) in [5, 5.41) is 5.06. The van der Waals surface area contributed by atoms with Gasteiger partial charge in [-0.15, -0.1) is 0 Å². The molecule has 0 saturated heterocycles. The number of nitrogens with one attached hydrogen (secondary N) is 2. The van der Waals surface area contributed by atoms with E-state index in [1.165, 1.54) is 11.9 Å². The molecule has 2 aromatic rings. The highest BCUT2D eigenvalue weighted by molar-refractivity contribution is 7.99. The van der Waals surface area contributed by atoms with E-state index in [2.05, 4.69) is 28.2 Å². The first-order chi connectivity index (χ1) is 9.58. The normalized spacial score (nSPS) is 10.6. The Morgan fingerprint density at radius 2 is 1.85 bits per heavy atom. The molecule has 2 rings (SSSR count). The Morgan fingerprint density at radius 1 is 1.15 bits per heavy atom. The van der Waals surface area contributed by atoms with Crippen molar-refractivity contribution in [2.45, 2.75) is 24.8 Å². The van der Waals surface area contributed by atoms with Gasteiger partial charge in [0, 0.05) is 10.9 Å². The number of rotatable bonds is 3. The van der Waals surface area contributed by atoms with Gasteiger partial charge in [0.1, 0.15) is 0 Å². The highest BCUT2D eigenvalue weighted by Gasteiger charge is 2.10. The molecule has 0 aliphatic rings. The van der Waals surface area contributed by atoms with Gasteiger partial charge in [0.25, 0.3) is 5.91 Å². The highest BCUT2D eigenvalue weighted by Crippen LogP contribution is 2.25. The fraction of sp³-hybridized carbons (Fsp3) is 0.200. The molecule has 0 heterocycles. The molecule has 5 heteroatoms. The summed E-state index contributed by atoms with van der Waals surface area (Å²) in [7, 11) is 0. The van der Waals surface area contributed by atoms with Crippen LogP contribution in [-0.4, -0.2) is 16.9 Å². The molecule has 0 spiro atoms. The third-order valence-corrected chi connectivity index (χ3v) is 3.93. The molecule has 0 aliphatic carbocycles. The molecule has 20 heavy (non-hydrogen) atoms. The van der Waals surface area contributed by atoms with Crippen molar-refractivity contribution in [2.24, 2.45) is 0 Å². The van der Waals surface area contributed by atoms with Gasteiger partial charge in [0.2, 0.25) is 0 Å². The highest BCUT2D eigenvalue weighted by atomic mass is 32.2. The maximum Gasteiger partial charge on any atom is 0.279 e. The van der Waals surface area contributed by atoms with Gasteiger partial charge in [-0.3, -0.25) is 4.79 Å². The van der Waals surface area contributed by atoms with Gasteiger partial charge < -0.3 is 10.0 Å². The molecule has 0 fully saturated rings. The third-order valence-electron chi connectivity index (χ3n) is 2.63. The van der Waals surface area contributed by atoms with Crippen LogP contribution in [0.4, 0.5) is 0 Å². The van der Waals surface area contributed by atoms with Crippen LogP contribution >= 0.6 is 24.2 Å². The van der Waals surface area contributed by atoms with Gasteiger partial charge in [-0.2, -0.15) is 0 Å². The van der Waals surface area contributed by atoms with Crippen LogP contribution in [-0.2, 0) is 4.79 Å². The van der Waals surface area contributed by atoms with Crippen LogP contribution < -0.4 is 10.0 Å². The minimum Gasteiger partial charge on any atom is -0.348 e. The van der Waals surface area contributed by atoms with Gasteiger partial charge in [-0.25, -0.2) is 0 Å². The standard InChI is InChI=1S/C15H16N2OS2/c1-10(2)16-14(18)15(19)17-20-13-9-5-7-11-6-3-4-8-12(11)13/h3-10H,1-2H3,(H,16,18)(H,17,19). The number of fused-ring (bicyclic) bond motifs is 1. The predicted molar refractivity (Wildman–Crippen MR) is 88.8 cm³/mol. The summed E-state index contributed by atoms with van der Waals surface area (Å²) < 4.78 is 2.93. The summed E-state index contributed by atoms with van der Waals surface area (Å²) in [6, 6.07) is 14.2. The van der Waals surface area contributed by atoms with Crippen molar-refractivity contribution in [1.82, 2.24) is 10.0 Å². The van der Waals surface area contributed by atoms with E-state index >= 15 is 0 Å². The molecule has 2 aromatic carbocycles. The zero-order chi connectivity index (χ0) is 14.5. The summed E-state index contributed by atoms with van der Waals surface area (Å²) >= 11 is 6.43. The molecule has 0 aliphatic heterocycles. The molecule has 104 valence electrons. The van der Waals surface area contributed by atoms with E-state index in [4.69, 9.17) is 12.2 Å². The summed E-state index contributed by atoms with van der Waals surface area (Å²) in [5.41, 5.74) is 0. The van der Waals surface area contributed by atoms with E-state index in [9.17, 15) is 4.79 Å². The lowest BCUT2D eigenvalue weighted by Gasteiger charge is -2.11. The summed E-state index contributed by atoms with van der Waals surface area (Å²) in [6.45, 7) is 3.80. The molecule has 0 unspecified atom stereocenters. The van der Waals surface area contributed by atoms with Crippen LogP contribution in [0.25, 0.3) is 10.8 Å². The van der Waals surface area contributed by atoms with Crippen LogP contribution in [0.5, 0.6) is 0 Å². The second kappa shape index (κ2) is 6.72. The molecule has 2 N–H and O–H groups in total. The average Bonchev–Trinajstić information content (AvgIpc) is 2.44. The van der Waals surface area contributed by atoms with Crippen LogP contribution in [0.1, 0.15) is 13.8 Å². The SMILES string of the molecule is CC(C)NC(=O)C(=S)NSc1cccc2ccccc12. The smallest absolute Gasteiger partial charge is 0.279 e. The Labute approximate surface area is 128 Å². The van der Waals surface area contributed by atoms with Crippen molar-refractivity contribution >= 4 is 45.8 Å². The van der Waals surface area contributed by atoms with Crippen molar-refractivity contribution in [3.8, 4) is 0 Å². The molecule has 3 nitrogen and oxygen atoms in total. The Balaban J connectivity index is 2.06. The first kappa shape index (κ1) is 14.8. The Morgan fingerprint density at radius 3 is 2.60 bits per heavy atom. The molecule has 1 amide bonds. The van der Waals surface area contributed by atoms with Gasteiger partial charge in [0.15, 0.2) is 4.99 Å². The molecule has 0 aromatic heterocycles. The van der Waals surface area contributed by atoms with E-state index in [0.717, 1.165) is 15.7 Å². The fourth-order valence-corrected chi connectivity index (χ4v) is 2.68. The molecular weight excluding hydrogens is 288 g/mol. The molecular formula is C15H16N2OS2. The van der Waals surface area contributed by atoms with Gasteiger partial charge >= 0.3 is 0 Å². The molecule has 0 atom stereocenters. The summed E-state index contributed by atoms with van der Waals surface area (Å²) in [5.74, 6) is -0.247. The Hall–Kier alpha value is -1.59. The number of thiocarbonyl (C=S) groups is 1. The van der Waals surface area contributed by atoms with Gasteiger partial charge in [-0.05, 0) is 42.6 Å². The minimum atomic E-state index is -0.247. The van der Waals surface area contributed by atoms with E-state index in [-0.39, 0.29) is 16.9 Å². The summed E-state index contributed by atoms with van der Waals surface area (Å²) in [4.78, 5) is 12.9. The maximum absolute atomic E-state index is 11.7. The van der Waals surface area contributed by atoms with Crippen molar-refractivity contribution in [3.63, 3.8) is 0 Å². The van der Waals surface area contributed by atoms with E-state index in [1.54, 1.807) is 0 Å². The molecule has 0 radical (unpaired) electrons. The number of carbonyl (C=O) groups excluding carboxylic acids is 1. The van der Waals surface area contributed by atoms with Crippen molar-refractivity contribution in [1.29, 1.82) is 0 Å². The first-order valence-corrected chi connectivity index (χ1v) is 7.56. The lowest BCUT2D eigenvalue weighted by molar-refractivity contribution is -0.115. The van der Waals surface area contributed by atoms with E-state index in [1.807, 2.05) is 38.1 Å². The summed E-state index contributed by atoms with van der Waals surface area (Å²) in [6.07, 6.45) is 0. The number of benzene rings is 2. The fourth-order valence-electron chi connectivity index (χ4n) is 1.76. The Kier molecular flexibility index (Phi) is 4.98. The van der Waals surface area contributed by atoms with E-state index < -0.39 is 0 Å². The van der Waals surface area contributed by atoms with Crippen LogP contribution in [0.15, 0.2) is 47.4 Å². The first-order valence-electron chi connectivity index (χ1n) is 6.33. The zero-order valence-corrected chi connectivity index (χ0v) is 13.0. The second-order valence-corrected chi connectivity index (χ2v) is 5.90. The van der Waals surface area contributed by atoms with Crippen LogP contribution in [0, 0.1) is 0 Å². The predicted octanol–water partition coefficient (Wildman–Crippen LogP) is 3.29. The van der Waals surface area contributed by atoms with Gasteiger partial charge in [0.05, 0.1) is 0 Å². The maximum atomic E-state index is 11.7. The lowest BCUT2D eigenvalue weighted by Crippen LogP contribution is -2.39. The van der Waals surface area contributed by atoms with Gasteiger partial charge in [-0.1, -0.05) is 48.6 Å².